The predicted molar refractivity (Wildman–Crippen MR) is 73.2 cm³/mol. The number of aliphatic hydroxyl groups is 1. The molecule has 1 saturated heterocycles. The lowest BCUT2D eigenvalue weighted by Gasteiger charge is -2.36. The van der Waals surface area contributed by atoms with Gasteiger partial charge in [-0.15, -0.1) is 0 Å². The van der Waals surface area contributed by atoms with Gasteiger partial charge < -0.3 is 15.2 Å². The van der Waals surface area contributed by atoms with E-state index in [0.29, 0.717) is 31.1 Å². The summed E-state index contributed by atoms with van der Waals surface area (Å²) < 4.78 is 5.26. The second-order valence-corrected chi connectivity index (χ2v) is 5.27. The van der Waals surface area contributed by atoms with Crippen LogP contribution in [0.15, 0.2) is 24.3 Å². The molecule has 0 saturated carbocycles. The van der Waals surface area contributed by atoms with Gasteiger partial charge in [0, 0.05) is 18.2 Å². The quantitative estimate of drug-likeness (QED) is 0.881. The Morgan fingerprint density at radius 1 is 1.37 bits per heavy atom. The summed E-state index contributed by atoms with van der Waals surface area (Å²) in [6.07, 6.45) is 1.50. The van der Waals surface area contributed by atoms with Crippen LogP contribution in [0.1, 0.15) is 18.4 Å². The van der Waals surface area contributed by atoms with E-state index >= 15 is 0 Å². The van der Waals surface area contributed by atoms with Gasteiger partial charge >= 0.3 is 0 Å². The molecule has 1 fully saturated rings. The summed E-state index contributed by atoms with van der Waals surface area (Å²) in [7, 11) is 0. The molecule has 2 N–H and O–H groups in total. The molecule has 0 atom stereocenters. The molecule has 4 nitrogen and oxygen atoms in total. The molecule has 0 spiro atoms. The molecule has 1 aliphatic heterocycles. The molecular weight excluding hydrogens is 266 g/mol. The largest absolute Gasteiger partial charge is 0.394 e. The van der Waals surface area contributed by atoms with Gasteiger partial charge in [0.05, 0.1) is 18.6 Å². The van der Waals surface area contributed by atoms with Crippen LogP contribution in [0.2, 0.25) is 5.02 Å². The third-order valence-electron chi connectivity index (χ3n) is 3.47. The Morgan fingerprint density at radius 3 is 2.68 bits per heavy atom. The SMILES string of the molecule is O=C(Cc1ccccc1Cl)NC1(CO)CCOCC1. The van der Waals surface area contributed by atoms with Crippen LogP contribution in [0, 0.1) is 0 Å². The van der Waals surface area contributed by atoms with Crippen LogP contribution >= 0.6 is 11.6 Å². The molecule has 0 bridgehead atoms. The van der Waals surface area contributed by atoms with Gasteiger partial charge in [-0.05, 0) is 24.5 Å². The smallest absolute Gasteiger partial charge is 0.224 e. The van der Waals surface area contributed by atoms with Crippen molar-refractivity contribution in [2.24, 2.45) is 0 Å². The first kappa shape index (κ1) is 14.3. The topological polar surface area (TPSA) is 58.6 Å². The Morgan fingerprint density at radius 2 is 2.05 bits per heavy atom. The van der Waals surface area contributed by atoms with E-state index in [4.69, 9.17) is 16.3 Å². The third-order valence-corrected chi connectivity index (χ3v) is 3.83. The molecule has 0 unspecified atom stereocenters. The number of ether oxygens (including phenoxy) is 1. The third kappa shape index (κ3) is 3.69. The van der Waals surface area contributed by atoms with Crippen LogP contribution in [0.3, 0.4) is 0 Å². The van der Waals surface area contributed by atoms with Crippen molar-refractivity contribution in [1.29, 1.82) is 0 Å². The first-order valence-corrected chi connectivity index (χ1v) is 6.76. The highest BCUT2D eigenvalue weighted by atomic mass is 35.5. The maximum Gasteiger partial charge on any atom is 0.224 e. The number of halogens is 1. The number of aliphatic hydroxyl groups excluding tert-OH is 1. The fraction of sp³-hybridized carbons (Fsp3) is 0.500. The van der Waals surface area contributed by atoms with E-state index in [2.05, 4.69) is 5.32 Å². The number of hydrogen-bond donors (Lipinski definition) is 2. The van der Waals surface area contributed by atoms with E-state index in [0.717, 1.165) is 5.56 Å². The number of nitrogens with one attached hydrogen (secondary N) is 1. The van der Waals surface area contributed by atoms with Crippen molar-refractivity contribution in [2.75, 3.05) is 19.8 Å². The monoisotopic (exact) mass is 283 g/mol. The average molecular weight is 284 g/mol. The first-order valence-electron chi connectivity index (χ1n) is 6.38. The van der Waals surface area contributed by atoms with Crippen molar-refractivity contribution in [3.05, 3.63) is 34.9 Å². The van der Waals surface area contributed by atoms with Crippen LogP contribution in [-0.4, -0.2) is 36.4 Å². The van der Waals surface area contributed by atoms with Crippen molar-refractivity contribution in [1.82, 2.24) is 5.32 Å². The normalized spacial score (nSPS) is 18.0. The van der Waals surface area contributed by atoms with Gasteiger partial charge in [0.15, 0.2) is 0 Å². The lowest BCUT2D eigenvalue weighted by atomic mass is 9.90. The zero-order valence-electron chi connectivity index (χ0n) is 10.7. The van der Waals surface area contributed by atoms with E-state index in [1.54, 1.807) is 6.07 Å². The van der Waals surface area contributed by atoms with Crippen molar-refractivity contribution in [3.8, 4) is 0 Å². The zero-order chi connectivity index (χ0) is 13.7. The number of carbonyl (C=O) groups is 1. The lowest BCUT2D eigenvalue weighted by molar-refractivity contribution is -0.124. The summed E-state index contributed by atoms with van der Waals surface area (Å²) in [5.74, 6) is -0.121. The molecule has 0 aromatic heterocycles. The van der Waals surface area contributed by atoms with Gasteiger partial charge in [0.25, 0.3) is 0 Å². The number of carbonyl (C=O) groups excluding carboxylic acids is 1. The summed E-state index contributed by atoms with van der Waals surface area (Å²) in [6.45, 7) is 1.06. The fourth-order valence-electron chi connectivity index (χ4n) is 2.24. The molecule has 0 radical (unpaired) electrons. The summed E-state index contributed by atoms with van der Waals surface area (Å²) in [5, 5.41) is 13.0. The van der Waals surface area contributed by atoms with Crippen molar-refractivity contribution >= 4 is 17.5 Å². The van der Waals surface area contributed by atoms with Crippen LogP contribution in [0.5, 0.6) is 0 Å². The predicted octanol–water partition coefficient (Wildman–Crippen LogP) is 1.54. The molecule has 1 heterocycles. The minimum absolute atomic E-state index is 0.0649. The van der Waals surface area contributed by atoms with E-state index in [1.165, 1.54) is 0 Å². The Hall–Kier alpha value is -1.10. The number of amides is 1. The van der Waals surface area contributed by atoms with E-state index in [1.807, 2.05) is 18.2 Å². The van der Waals surface area contributed by atoms with E-state index < -0.39 is 5.54 Å². The van der Waals surface area contributed by atoms with Gasteiger partial charge in [0.1, 0.15) is 0 Å². The highest BCUT2D eigenvalue weighted by molar-refractivity contribution is 6.31. The fourth-order valence-corrected chi connectivity index (χ4v) is 2.44. The molecule has 1 amide bonds. The molecule has 2 rings (SSSR count). The molecule has 0 aliphatic carbocycles. The Balaban J connectivity index is 1.98. The molecule has 19 heavy (non-hydrogen) atoms. The van der Waals surface area contributed by atoms with Crippen molar-refractivity contribution < 1.29 is 14.6 Å². The molecule has 1 aliphatic rings. The molecule has 104 valence electrons. The maximum absolute atomic E-state index is 12.1. The van der Waals surface area contributed by atoms with Crippen LogP contribution in [0.4, 0.5) is 0 Å². The van der Waals surface area contributed by atoms with Crippen LogP contribution in [-0.2, 0) is 16.0 Å². The van der Waals surface area contributed by atoms with E-state index in [9.17, 15) is 9.90 Å². The number of benzene rings is 1. The second kappa shape index (κ2) is 6.37. The summed E-state index contributed by atoms with van der Waals surface area (Å²) in [4.78, 5) is 12.1. The highest BCUT2D eigenvalue weighted by Crippen LogP contribution is 2.21. The molecular formula is C14H18ClNO3. The molecule has 1 aromatic carbocycles. The molecule has 1 aromatic rings. The van der Waals surface area contributed by atoms with Gasteiger partial charge in [-0.3, -0.25) is 4.79 Å². The van der Waals surface area contributed by atoms with Gasteiger partial charge in [-0.25, -0.2) is 0 Å². The van der Waals surface area contributed by atoms with E-state index in [-0.39, 0.29) is 18.9 Å². The van der Waals surface area contributed by atoms with Gasteiger partial charge in [0.2, 0.25) is 5.91 Å². The molecule has 5 heteroatoms. The minimum Gasteiger partial charge on any atom is -0.394 e. The Labute approximate surface area is 117 Å². The summed E-state index contributed by atoms with van der Waals surface area (Å²) in [6, 6.07) is 7.28. The average Bonchev–Trinajstić information content (AvgIpc) is 2.42. The maximum atomic E-state index is 12.1. The number of hydrogen-bond acceptors (Lipinski definition) is 3. The second-order valence-electron chi connectivity index (χ2n) is 4.87. The van der Waals surface area contributed by atoms with Gasteiger partial charge in [-0.2, -0.15) is 0 Å². The van der Waals surface area contributed by atoms with Gasteiger partial charge in [-0.1, -0.05) is 29.8 Å². The van der Waals surface area contributed by atoms with Crippen LogP contribution in [0.25, 0.3) is 0 Å². The Kier molecular flexibility index (Phi) is 4.80. The standard InChI is InChI=1S/C14H18ClNO3/c15-12-4-2-1-3-11(12)9-13(18)16-14(10-17)5-7-19-8-6-14/h1-4,17H,5-10H2,(H,16,18). The van der Waals surface area contributed by atoms with Crippen LogP contribution < -0.4 is 5.32 Å². The van der Waals surface area contributed by atoms with Crippen molar-refractivity contribution in [3.63, 3.8) is 0 Å². The lowest BCUT2D eigenvalue weighted by Crippen LogP contribution is -2.55. The number of rotatable bonds is 4. The summed E-state index contributed by atoms with van der Waals surface area (Å²) >= 11 is 6.03. The van der Waals surface area contributed by atoms with Crippen molar-refractivity contribution in [2.45, 2.75) is 24.8 Å². The minimum atomic E-state index is -0.545. The first-order chi connectivity index (χ1) is 9.15. The summed E-state index contributed by atoms with van der Waals surface area (Å²) in [5.41, 5.74) is 0.248. The Bertz CT molecular complexity index is 444. The zero-order valence-corrected chi connectivity index (χ0v) is 11.4. The highest BCUT2D eigenvalue weighted by Gasteiger charge is 2.33.